The number of amides is 1. The topological polar surface area (TPSA) is 92.5 Å². The van der Waals surface area contributed by atoms with Gasteiger partial charge in [-0.15, -0.1) is 0 Å². The van der Waals surface area contributed by atoms with E-state index in [-0.39, 0.29) is 5.91 Å². The molecular formula is C16H14N4O3. The van der Waals surface area contributed by atoms with Crippen LogP contribution in [0.1, 0.15) is 16.2 Å². The first-order valence-electron chi connectivity index (χ1n) is 6.83. The van der Waals surface area contributed by atoms with Crippen LogP contribution < -0.4 is 10.2 Å². The second-order valence-electron chi connectivity index (χ2n) is 4.61. The molecule has 2 N–H and O–H groups in total. The van der Waals surface area contributed by atoms with Crippen molar-refractivity contribution in [2.75, 3.05) is 7.11 Å². The summed E-state index contributed by atoms with van der Waals surface area (Å²) in [6.07, 6.45) is 2.94. The summed E-state index contributed by atoms with van der Waals surface area (Å²) in [5.41, 5.74) is 4.25. The molecule has 0 aliphatic heterocycles. The first kappa shape index (κ1) is 14.6. The predicted octanol–water partition coefficient (Wildman–Crippen LogP) is 2.44. The second kappa shape index (κ2) is 6.61. The molecule has 3 rings (SSSR count). The summed E-state index contributed by atoms with van der Waals surface area (Å²) in [6.45, 7) is 0. The number of hydrogen-bond acceptors (Lipinski definition) is 5. The Balaban J connectivity index is 1.67. The van der Waals surface area contributed by atoms with E-state index in [9.17, 15) is 4.79 Å². The largest absolute Gasteiger partial charge is 0.497 e. The molecule has 116 valence electrons. The number of nitrogens with zero attached hydrogens (tertiary/aromatic N) is 2. The van der Waals surface area contributed by atoms with Crippen molar-refractivity contribution in [3.8, 4) is 17.0 Å². The molecule has 0 fully saturated rings. The number of H-pyrrole nitrogens is 1. The molecule has 0 unspecified atom stereocenters. The molecule has 0 aliphatic rings. The minimum Gasteiger partial charge on any atom is -0.497 e. The molecule has 0 radical (unpaired) electrons. The lowest BCUT2D eigenvalue weighted by molar-refractivity contribution is 0.0950. The minimum atomic E-state index is -0.389. The highest BCUT2D eigenvalue weighted by molar-refractivity contribution is 5.93. The van der Waals surface area contributed by atoms with E-state index in [0.717, 1.165) is 11.3 Å². The van der Waals surface area contributed by atoms with E-state index < -0.39 is 0 Å². The van der Waals surface area contributed by atoms with E-state index in [2.05, 4.69) is 20.7 Å². The molecule has 0 aliphatic carbocycles. The number of aromatic amines is 1. The van der Waals surface area contributed by atoms with Crippen LogP contribution in [0.15, 0.2) is 58.2 Å². The maximum absolute atomic E-state index is 12.0. The fraction of sp³-hybridized carbons (Fsp3) is 0.0625. The van der Waals surface area contributed by atoms with Gasteiger partial charge in [-0.1, -0.05) is 0 Å². The molecule has 23 heavy (non-hydrogen) atoms. The third kappa shape index (κ3) is 3.46. The molecular weight excluding hydrogens is 296 g/mol. The first-order valence-corrected chi connectivity index (χ1v) is 6.83. The van der Waals surface area contributed by atoms with Crippen LogP contribution in [-0.4, -0.2) is 29.4 Å². The summed E-state index contributed by atoms with van der Waals surface area (Å²) in [4.78, 5) is 12.0. The highest BCUT2D eigenvalue weighted by atomic mass is 16.5. The number of rotatable bonds is 5. The van der Waals surface area contributed by atoms with Crippen molar-refractivity contribution in [2.45, 2.75) is 0 Å². The van der Waals surface area contributed by atoms with E-state index in [1.165, 1.54) is 12.5 Å². The van der Waals surface area contributed by atoms with E-state index >= 15 is 0 Å². The number of aromatic nitrogens is 2. The Bertz CT molecular complexity index is 804. The monoisotopic (exact) mass is 310 g/mol. The van der Waals surface area contributed by atoms with Crippen molar-refractivity contribution < 1.29 is 13.9 Å². The van der Waals surface area contributed by atoms with Gasteiger partial charge in [-0.2, -0.15) is 10.2 Å². The van der Waals surface area contributed by atoms with Crippen LogP contribution in [0.25, 0.3) is 11.3 Å². The van der Waals surface area contributed by atoms with Gasteiger partial charge in [0, 0.05) is 5.56 Å². The smallest absolute Gasteiger partial charge is 0.289 e. The minimum absolute atomic E-state index is 0.312. The molecule has 7 nitrogen and oxygen atoms in total. The highest BCUT2D eigenvalue weighted by Gasteiger charge is 2.10. The van der Waals surface area contributed by atoms with Gasteiger partial charge in [0.1, 0.15) is 17.2 Å². The van der Waals surface area contributed by atoms with Gasteiger partial charge < -0.3 is 9.15 Å². The van der Waals surface area contributed by atoms with Crippen LogP contribution >= 0.6 is 0 Å². The van der Waals surface area contributed by atoms with Crippen LogP contribution in [0.5, 0.6) is 5.75 Å². The molecule has 1 amide bonds. The quantitative estimate of drug-likeness (QED) is 0.559. The maximum Gasteiger partial charge on any atom is 0.289 e. The summed E-state index contributed by atoms with van der Waals surface area (Å²) in [5, 5.41) is 10.6. The van der Waals surface area contributed by atoms with Crippen LogP contribution in [0.3, 0.4) is 0 Å². The zero-order valence-corrected chi connectivity index (χ0v) is 12.3. The molecule has 2 heterocycles. The van der Waals surface area contributed by atoms with Crippen molar-refractivity contribution in [1.29, 1.82) is 0 Å². The third-order valence-corrected chi connectivity index (χ3v) is 3.11. The number of nitrogens with one attached hydrogen (secondary N) is 2. The van der Waals surface area contributed by atoms with E-state index in [1.807, 2.05) is 24.3 Å². The Kier molecular flexibility index (Phi) is 4.19. The fourth-order valence-electron chi connectivity index (χ4n) is 1.93. The highest BCUT2D eigenvalue weighted by Crippen LogP contribution is 2.21. The first-order chi connectivity index (χ1) is 11.3. The lowest BCUT2D eigenvalue weighted by atomic mass is 10.1. The van der Waals surface area contributed by atoms with Crippen LogP contribution in [0, 0.1) is 0 Å². The zero-order chi connectivity index (χ0) is 16.1. The number of ether oxygens (including phenoxy) is 1. The van der Waals surface area contributed by atoms with E-state index in [0.29, 0.717) is 17.1 Å². The van der Waals surface area contributed by atoms with E-state index in [4.69, 9.17) is 9.15 Å². The molecule has 0 spiro atoms. The van der Waals surface area contributed by atoms with Crippen molar-refractivity contribution in [1.82, 2.24) is 15.6 Å². The third-order valence-electron chi connectivity index (χ3n) is 3.11. The number of hydrazone groups is 1. The van der Waals surface area contributed by atoms with Crippen LogP contribution in [0.2, 0.25) is 0 Å². The zero-order valence-electron chi connectivity index (χ0n) is 12.3. The van der Waals surface area contributed by atoms with Crippen LogP contribution in [0.4, 0.5) is 0 Å². The van der Waals surface area contributed by atoms with Crippen molar-refractivity contribution in [2.24, 2.45) is 5.10 Å². The lowest BCUT2D eigenvalue weighted by Crippen LogP contribution is -2.17. The Morgan fingerprint density at radius 2 is 2.17 bits per heavy atom. The summed E-state index contributed by atoms with van der Waals surface area (Å²) in [6, 6.07) is 12.5. The number of carbonyl (C=O) groups excluding carboxylic acids is 1. The molecule has 3 aromatic rings. The standard InChI is InChI=1S/C16H14N4O3/c1-22-12-6-4-11(5-7-12)14-9-15(19-18-14)16(21)20-17-10-13-3-2-8-23-13/h2-10H,1H3,(H,18,19)(H,20,21)/b17-10-. The van der Waals surface area contributed by atoms with Crippen molar-refractivity contribution in [3.63, 3.8) is 0 Å². The molecule has 2 aromatic heterocycles. The number of furan rings is 1. The average molecular weight is 310 g/mol. The molecule has 0 saturated carbocycles. The van der Waals surface area contributed by atoms with Gasteiger partial charge in [-0.25, -0.2) is 5.43 Å². The number of methoxy groups -OCH3 is 1. The Morgan fingerprint density at radius 3 is 2.87 bits per heavy atom. The SMILES string of the molecule is COc1ccc(-c2cc(C(=O)N/N=C\c3ccco3)[nH]n2)cc1. The molecule has 1 aromatic carbocycles. The second-order valence-corrected chi connectivity index (χ2v) is 4.61. The fourth-order valence-corrected chi connectivity index (χ4v) is 1.93. The average Bonchev–Trinajstić information content (AvgIpc) is 3.26. The summed E-state index contributed by atoms with van der Waals surface area (Å²) in [5.74, 6) is 0.920. The molecule has 0 saturated heterocycles. The van der Waals surface area contributed by atoms with Gasteiger partial charge in [0.2, 0.25) is 0 Å². The van der Waals surface area contributed by atoms with Crippen molar-refractivity contribution in [3.05, 3.63) is 60.2 Å². The van der Waals surface area contributed by atoms with Gasteiger partial charge in [-0.3, -0.25) is 9.89 Å². The van der Waals surface area contributed by atoms with Gasteiger partial charge in [-0.05, 0) is 42.5 Å². The van der Waals surface area contributed by atoms with Crippen LogP contribution in [-0.2, 0) is 0 Å². The van der Waals surface area contributed by atoms with E-state index in [1.54, 1.807) is 25.3 Å². The number of benzene rings is 1. The lowest BCUT2D eigenvalue weighted by Gasteiger charge is -1.99. The predicted molar refractivity (Wildman–Crippen MR) is 84.3 cm³/mol. The molecule has 0 bridgehead atoms. The Labute approximate surface area is 132 Å². The number of carbonyl (C=O) groups is 1. The van der Waals surface area contributed by atoms with Gasteiger partial charge >= 0.3 is 0 Å². The van der Waals surface area contributed by atoms with Gasteiger partial charge in [0.25, 0.3) is 5.91 Å². The summed E-state index contributed by atoms with van der Waals surface area (Å²) < 4.78 is 10.2. The Morgan fingerprint density at radius 1 is 1.35 bits per heavy atom. The summed E-state index contributed by atoms with van der Waals surface area (Å²) in [7, 11) is 1.61. The number of hydrogen-bond donors (Lipinski definition) is 2. The maximum atomic E-state index is 12.0. The normalized spacial score (nSPS) is 10.8. The van der Waals surface area contributed by atoms with Crippen molar-refractivity contribution >= 4 is 12.1 Å². The molecule has 7 heteroatoms. The Hall–Kier alpha value is -3.35. The van der Waals surface area contributed by atoms with Gasteiger partial charge in [0.05, 0.1) is 25.3 Å². The molecule has 0 atom stereocenters. The summed E-state index contributed by atoms with van der Waals surface area (Å²) >= 11 is 0. The van der Waals surface area contributed by atoms with Gasteiger partial charge in [0.15, 0.2) is 0 Å².